The Labute approximate surface area is 241 Å². The second-order valence-corrected chi connectivity index (χ2v) is 11.5. The molecule has 5 rings (SSSR count). The van der Waals surface area contributed by atoms with E-state index in [9.17, 15) is 14.7 Å². The van der Waals surface area contributed by atoms with Gasteiger partial charge in [0.25, 0.3) is 5.91 Å². The van der Waals surface area contributed by atoms with E-state index >= 15 is 0 Å². The normalized spacial score (nSPS) is 14.3. The maximum absolute atomic E-state index is 13.6. The first-order valence-electron chi connectivity index (χ1n) is 14.0. The van der Waals surface area contributed by atoms with E-state index in [1.807, 2.05) is 11.0 Å². The molecule has 1 aliphatic rings. The van der Waals surface area contributed by atoms with Crippen molar-refractivity contribution in [2.24, 2.45) is 16.6 Å². The molecule has 1 aliphatic heterocycles. The highest BCUT2D eigenvalue weighted by molar-refractivity contribution is 5.99. The van der Waals surface area contributed by atoms with Crippen molar-refractivity contribution in [3.63, 3.8) is 0 Å². The molecule has 3 aromatic carbocycles. The number of hydrogen-bond donors (Lipinski definition) is 2. The molecule has 1 aromatic heterocycles. The molecule has 8 nitrogen and oxygen atoms in total. The number of carbonyl (C=O) groups excluding carboxylic acids is 2. The van der Waals surface area contributed by atoms with E-state index in [1.54, 1.807) is 20.8 Å². The van der Waals surface area contributed by atoms with Crippen LogP contribution >= 0.6 is 0 Å². The monoisotopic (exact) mass is 556 g/mol. The van der Waals surface area contributed by atoms with Gasteiger partial charge in [-0.2, -0.15) is 4.99 Å². The molecule has 0 radical (unpaired) electrons. The number of likely N-dealkylation sites (tertiary alicyclic amines) is 1. The van der Waals surface area contributed by atoms with Gasteiger partial charge in [-0.3, -0.25) is 4.79 Å². The number of nitrogens with zero attached hydrogens (tertiary/aromatic N) is 3. The average Bonchev–Trinajstić information content (AvgIpc) is 3.29. The number of aromatic nitrogens is 1. The van der Waals surface area contributed by atoms with E-state index in [0.29, 0.717) is 25.6 Å². The number of aliphatic imine (C=N–C) groups is 1. The van der Waals surface area contributed by atoms with Gasteiger partial charge in [0, 0.05) is 37.1 Å². The van der Waals surface area contributed by atoms with Crippen LogP contribution in [0, 0.1) is 12.8 Å². The summed E-state index contributed by atoms with van der Waals surface area (Å²) in [6.45, 7) is 9.66. The van der Waals surface area contributed by atoms with Crippen LogP contribution in [-0.4, -0.2) is 58.2 Å². The van der Waals surface area contributed by atoms with Crippen molar-refractivity contribution >= 4 is 40.0 Å². The first-order valence-corrected chi connectivity index (χ1v) is 14.0. The van der Waals surface area contributed by atoms with Crippen LogP contribution in [0.3, 0.4) is 0 Å². The Balaban J connectivity index is 0.000000334. The van der Waals surface area contributed by atoms with Gasteiger partial charge in [0.2, 0.25) is 0 Å². The Morgan fingerprint density at radius 1 is 1.02 bits per heavy atom. The summed E-state index contributed by atoms with van der Waals surface area (Å²) in [5.41, 5.74) is 8.60. The van der Waals surface area contributed by atoms with Crippen molar-refractivity contribution in [3.05, 3.63) is 83.6 Å². The zero-order chi connectivity index (χ0) is 29.6. The highest BCUT2D eigenvalue weighted by atomic mass is 16.6. The van der Waals surface area contributed by atoms with Gasteiger partial charge in [-0.15, -0.1) is 0 Å². The molecule has 0 atom stereocenters. The summed E-state index contributed by atoms with van der Waals surface area (Å²) in [6, 6.07) is 23.2. The number of benzene rings is 3. The SMILES string of the molecule is CC(C)(C)OC(=O)/N=C\N.Cc1ccc2cc(C(=O)N3CCC(CO)CC3)n(Cc3cccc4ccccc34)c2c1. The standard InChI is InChI=1S/C27H28N2O2.C6H12N2O2/c1-19-9-10-22-16-26(27(31)28-13-11-20(18-30)12-14-28)29(25(22)15-19)17-23-7-4-6-21-5-2-3-8-24(21)23;1-6(2,3)10-5(9)8-4-7/h2-10,15-16,20,30H,11-14,17-18H2,1H3;4H,1-3H3,(H2,7,8,9). The highest BCUT2D eigenvalue weighted by Crippen LogP contribution is 2.28. The minimum atomic E-state index is -0.657. The number of aryl methyl sites for hydroxylation is 1. The average molecular weight is 557 g/mol. The summed E-state index contributed by atoms with van der Waals surface area (Å²) in [5.74, 6) is 0.402. The molecule has 1 saturated heterocycles. The Kier molecular flexibility index (Phi) is 9.45. The lowest BCUT2D eigenvalue weighted by Gasteiger charge is -2.31. The van der Waals surface area contributed by atoms with Gasteiger partial charge in [0.05, 0.1) is 6.34 Å². The fourth-order valence-electron chi connectivity index (χ4n) is 5.14. The number of carbonyl (C=O) groups is 2. The van der Waals surface area contributed by atoms with E-state index in [1.165, 1.54) is 21.9 Å². The lowest BCUT2D eigenvalue weighted by atomic mass is 9.98. The molecule has 3 N–H and O–H groups in total. The van der Waals surface area contributed by atoms with E-state index in [2.05, 4.69) is 77.1 Å². The Morgan fingerprint density at radius 2 is 1.73 bits per heavy atom. The van der Waals surface area contributed by atoms with Gasteiger partial charge in [0.1, 0.15) is 11.3 Å². The lowest BCUT2D eigenvalue weighted by Crippen LogP contribution is -2.40. The molecule has 8 heteroatoms. The van der Waals surface area contributed by atoms with Crippen LogP contribution in [0.2, 0.25) is 0 Å². The summed E-state index contributed by atoms with van der Waals surface area (Å²) in [7, 11) is 0. The molecule has 1 fully saturated rings. The molecule has 0 spiro atoms. The summed E-state index contributed by atoms with van der Waals surface area (Å²) < 4.78 is 6.95. The third-order valence-corrected chi connectivity index (χ3v) is 7.22. The van der Waals surface area contributed by atoms with E-state index in [4.69, 9.17) is 10.5 Å². The van der Waals surface area contributed by atoms with Gasteiger partial charge >= 0.3 is 6.09 Å². The summed E-state index contributed by atoms with van der Waals surface area (Å²) in [5, 5.41) is 13.0. The number of ether oxygens (including phenoxy) is 1. The number of hydrogen-bond acceptors (Lipinski definition) is 4. The molecule has 0 aliphatic carbocycles. The number of rotatable bonds is 4. The topological polar surface area (TPSA) is 110 Å². The lowest BCUT2D eigenvalue weighted by molar-refractivity contribution is 0.0603. The molecule has 0 unspecified atom stereocenters. The van der Waals surface area contributed by atoms with Crippen LogP contribution in [-0.2, 0) is 11.3 Å². The molecule has 41 heavy (non-hydrogen) atoms. The first kappa shape index (κ1) is 29.8. The first-order chi connectivity index (χ1) is 19.6. The molecule has 0 saturated carbocycles. The molecule has 4 aromatic rings. The largest absolute Gasteiger partial charge is 0.442 e. The Hall–Kier alpha value is -4.17. The minimum absolute atomic E-state index is 0.0884. The predicted octanol–water partition coefficient (Wildman–Crippen LogP) is 5.90. The summed E-state index contributed by atoms with van der Waals surface area (Å²) >= 11 is 0. The van der Waals surface area contributed by atoms with Gasteiger partial charge in [0.15, 0.2) is 0 Å². The van der Waals surface area contributed by atoms with E-state index < -0.39 is 11.7 Å². The quantitative estimate of drug-likeness (QED) is 0.240. The fraction of sp³-hybridized carbons (Fsp3) is 0.364. The second kappa shape index (κ2) is 13.0. The van der Waals surface area contributed by atoms with Crippen molar-refractivity contribution in [2.45, 2.75) is 52.7 Å². The number of aliphatic hydroxyl groups excluding tert-OH is 1. The van der Waals surface area contributed by atoms with Crippen molar-refractivity contribution in [1.29, 1.82) is 0 Å². The van der Waals surface area contributed by atoms with Crippen molar-refractivity contribution in [1.82, 2.24) is 9.47 Å². The Morgan fingerprint density at radius 3 is 2.41 bits per heavy atom. The maximum Gasteiger partial charge on any atom is 0.435 e. The van der Waals surface area contributed by atoms with Crippen molar-refractivity contribution in [2.75, 3.05) is 19.7 Å². The van der Waals surface area contributed by atoms with Crippen molar-refractivity contribution in [3.8, 4) is 0 Å². The predicted molar refractivity (Wildman–Crippen MR) is 164 cm³/mol. The smallest absolute Gasteiger partial charge is 0.435 e. The third-order valence-electron chi connectivity index (χ3n) is 7.22. The molecular weight excluding hydrogens is 516 g/mol. The Bertz CT molecular complexity index is 1540. The molecular formula is C33H40N4O4. The fourth-order valence-corrected chi connectivity index (χ4v) is 5.14. The van der Waals surface area contributed by atoms with E-state index in [-0.39, 0.29) is 12.5 Å². The van der Waals surface area contributed by atoms with Gasteiger partial charge in [-0.1, -0.05) is 54.6 Å². The number of nitrogens with two attached hydrogens (primary N) is 1. The van der Waals surface area contributed by atoms with Crippen LogP contribution in [0.1, 0.15) is 55.2 Å². The highest BCUT2D eigenvalue weighted by Gasteiger charge is 2.26. The van der Waals surface area contributed by atoms with E-state index in [0.717, 1.165) is 35.8 Å². The van der Waals surface area contributed by atoms with Crippen LogP contribution in [0.5, 0.6) is 0 Å². The molecule has 0 bridgehead atoms. The number of fused-ring (bicyclic) bond motifs is 2. The van der Waals surface area contributed by atoms with Gasteiger partial charge in [-0.25, -0.2) is 4.79 Å². The zero-order valence-corrected chi connectivity index (χ0v) is 24.3. The maximum atomic E-state index is 13.6. The number of amides is 2. The summed E-state index contributed by atoms with van der Waals surface area (Å²) in [6.07, 6.45) is 1.99. The minimum Gasteiger partial charge on any atom is -0.442 e. The number of aliphatic hydroxyl groups is 1. The molecule has 2 heterocycles. The van der Waals surface area contributed by atoms with Crippen LogP contribution in [0.25, 0.3) is 21.7 Å². The summed E-state index contributed by atoms with van der Waals surface area (Å²) in [4.78, 5) is 29.3. The molecule has 216 valence electrons. The molecule has 2 amide bonds. The third kappa shape index (κ3) is 7.52. The van der Waals surface area contributed by atoms with Crippen LogP contribution in [0.4, 0.5) is 4.79 Å². The van der Waals surface area contributed by atoms with Crippen LogP contribution < -0.4 is 5.73 Å². The zero-order valence-electron chi connectivity index (χ0n) is 24.3. The second-order valence-electron chi connectivity index (χ2n) is 11.5. The number of piperidine rings is 1. The van der Waals surface area contributed by atoms with Gasteiger partial charge < -0.3 is 25.0 Å². The van der Waals surface area contributed by atoms with Gasteiger partial charge in [-0.05, 0) is 80.5 Å². The van der Waals surface area contributed by atoms with Crippen molar-refractivity contribution < 1.29 is 19.4 Å². The van der Waals surface area contributed by atoms with Crippen LogP contribution in [0.15, 0.2) is 71.7 Å².